The normalized spacial score (nSPS) is 15.1. The van der Waals surface area contributed by atoms with Crippen molar-refractivity contribution in [2.75, 3.05) is 17.3 Å². The quantitative estimate of drug-likeness (QED) is 0.215. The maximum Gasteiger partial charge on any atom is 0.179 e. The fourth-order valence-corrected chi connectivity index (χ4v) is 6.01. The van der Waals surface area contributed by atoms with Crippen molar-refractivity contribution in [3.8, 4) is 11.4 Å². The molecule has 7 heteroatoms. The molecule has 0 aliphatic carbocycles. The number of aliphatic imine (C=N–C) groups is 2. The third-order valence-electron chi connectivity index (χ3n) is 8.11. The van der Waals surface area contributed by atoms with Gasteiger partial charge in [-0.3, -0.25) is 0 Å². The number of amidine groups is 2. The highest BCUT2D eigenvalue weighted by Gasteiger charge is 2.42. The number of nitrogens with zero attached hydrogens (tertiary/aromatic N) is 5. The molecule has 2 aliphatic rings. The van der Waals surface area contributed by atoms with Crippen molar-refractivity contribution >= 4 is 34.6 Å². The van der Waals surface area contributed by atoms with Crippen LogP contribution >= 0.6 is 0 Å². The van der Waals surface area contributed by atoms with Crippen LogP contribution in [0.3, 0.4) is 0 Å². The number of unbranched alkanes of at least 4 members (excludes halogenated alkanes) is 1. The van der Waals surface area contributed by atoms with Crippen LogP contribution in [0.15, 0.2) is 113 Å². The highest BCUT2D eigenvalue weighted by atomic mass is 16.5. The topological polar surface area (TPSA) is 67.0 Å². The van der Waals surface area contributed by atoms with Gasteiger partial charge in [0.2, 0.25) is 0 Å². The van der Waals surface area contributed by atoms with Crippen LogP contribution in [0.25, 0.3) is 5.69 Å². The third kappa shape index (κ3) is 4.77. The van der Waals surface area contributed by atoms with Crippen molar-refractivity contribution in [3.63, 3.8) is 0 Å². The van der Waals surface area contributed by atoms with Gasteiger partial charge in [-0.2, -0.15) is 5.10 Å². The molecule has 0 radical (unpaired) electrons. The summed E-state index contributed by atoms with van der Waals surface area (Å²) in [5.74, 6) is 3.01. The van der Waals surface area contributed by atoms with Crippen LogP contribution in [0, 0.1) is 6.92 Å². The lowest BCUT2D eigenvalue weighted by molar-refractivity contribution is 0.407. The van der Waals surface area contributed by atoms with Gasteiger partial charge in [0.15, 0.2) is 17.5 Å². The molecule has 214 valence electrons. The van der Waals surface area contributed by atoms with Crippen molar-refractivity contribution < 1.29 is 4.74 Å². The number of hydrogen-bond donors (Lipinski definition) is 1. The number of para-hydroxylation sites is 4. The Labute approximate surface area is 252 Å². The number of benzene rings is 4. The number of hydrogen-bond acceptors (Lipinski definition) is 6. The predicted molar refractivity (Wildman–Crippen MR) is 175 cm³/mol. The minimum atomic E-state index is -0.249. The lowest BCUT2D eigenvalue weighted by Crippen LogP contribution is -2.46. The van der Waals surface area contributed by atoms with E-state index in [-0.39, 0.29) is 6.04 Å². The number of ether oxygens (including phenoxy) is 1. The molecule has 0 saturated carbocycles. The zero-order valence-electron chi connectivity index (χ0n) is 24.7. The number of fused-ring (bicyclic) bond motifs is 4. The number of nitrogens with one attached hydrogen (secondary N) is 1. The number of anilines is 2. The molecule has 0 unspecified atom stereocenters. The van der Waals surface area contributed by atoms with Crippen LogP contribution in [-0.2, 0) is 6.42 Å². The van der Waals surface area contributed by atoms with Gasteiger partial charge in [0.25, 0.3) is 0 Å². The van der Waals surface area contributed by atoms with Crippen molar-refractivity contribution in [3.05, 3.63) is 126 Å². The molecule has 0 fully saturated rings. The second-order valence-electron chi connectivity index (χ2n) is 10.9. The Morgan fingerprint density at radius 3 is 2.37 bits per heavy atom. The monoisotopic (exact) mass is 566 g/mol. The molecule has 4 aromatic carbocycles. The molecule has 2 aliphatic heterocycles. The van der Waals surface area contributed by atoms with Gasteiger partial charge >= 0.3 is 0 Å². The lowest BCUT2D eigenvalue weighted by atomic mass is 9.92. The summed E-state index contributed by atoms with van der Waals surface area (Å²) in [5.41, 5.74) is 8.09. The van der Waals surface area contributed by atoms with Crippen LogP contribution < -0.4 is 15.0 Å². The Bertz CT molecular complexity index is 1840. The summed E-state index contributed by atoms with van der Waals surface area (Å²) in [6, 6.07) is 35.0. The van der Waals surface area contributed by atoms with Gasteiger partial charge < -0.3 is 15.0 Å². The highest BCUT2D eigenvalue weighted by Crippen LogP contribution is 2.49. The smallest absolute Gasteiger partial charge is 0.179 e. The average Bonchev–Trinajstić information content (AvgIpc) is 3.39. The molecule has 43 heavy (non-hydrogen) atoms. The maximum absolute atomic E-state index is 5.93. The molecule has 0 saturated heterocycles. The molecule has 7 nitrogen and oxygen atoms in total. The minimum Gasteiger partial charge on any atom is -0.496 e. The van der Waals surface area contributed by atoms with Gasteiger partial charge in [-0.05, 0) is 67.8 Å². The summed E-state index contributed by atoms with van der Waals surface area (Å²) in [5, 5.41) is 8.65. The van der Waals surface area contributed by atoms with Crippen LogP contribution in [0.5, 0.6) is 5.75 Å². The number of rotatable bonds is 7. The standard InChI is InChI=1S/C36H34N6O/c1-4-5-13-25-20-22-26(23-21-25)37-34-36-39-35-32(24(2)40-42(35)27-14-7-6-8-15-27)33(28-16-9-12-19-31(28)43-3)41(36)30-18-11-10-17-29(30)38-34/h6-12,14-23,33H,4-5,13H2,1-3H3,(H,37,38)/t33-/m1/s1. The summed E-state index contributed by atoms with van der Waals surface area (Å²) in [7, 11) is 1.72. The molecule has 0 bridgehead atoms. The highest BCUT2D eigenvalue weighted by molar-refractivity contribution is 6.51. The Morgan fingerprint density at radius 1 is 0.837 bits per heavy atom. The lowest BCUT2D eigenvalue weighted by Gasteiger charge is -2.41. The minimum absolute atomic E-state index is 0.249. The van der Waals surface area contributed by atoms with E-state index in [1.807, 2.05) is 41.1 Å². The van der Waals surface area contributed by atoms with E-state index in [0.29, 0.717) is 5.84 Å². The molecule has 1 atom stereocenters. The third-order valence-corrected chi connectivity index (χ3v) is 8.11. The van der Waals surface area contributed by atoms with Gasteiger partial charge in [-0.15, -0.1) is 0 Å². The van der Waals surface area contributed by atoms with E-state index in [1.54, 1.807) is 7.11 Å². The van der Waals surface area contributed by atoms with Crippen LogP contribution in [-0.4, -0.2) is 28.6 Å². The van der Waals surface area contributed by atoms with Gasteiger partial charge in [-0.25, -0.2) is 14.7 Å². The molecule has 1 N–H and O–H groups in total. The molecule has 1 aromatic heterocycles. The summed E-state index contributed by atoms with van der Waals surface area (Å²) in [6.45, 7) is 4.28. The summed E-state index contributed by atoms with van der Waals surface area (Å²) in [6.07, 6.45) is 3.45. The van der Waals surface area contributed by atoms with E-state index in [0.717, 1.165) is 63.4 Å². The first kappa shape index (κ1) is 26.7. The van der Waals surface area contributed by atoms with Crippen molar-refractivity contribution in [2.45, 2.75) is 39.2 Å². The van der Waals surface area contributed by atoms with Crippen molar-refractivity contribution in [2.24, 2.45) is 9.98 Å². The molecule has 7 rings (SSSR count). The zero-order chi connectivity index (χ0) is 29.3. The predicted octanol–water partition coefficient (Wildman–Crippen LogP) is 8.33. The summed E-state index contributed by atoms with van der Waals surface area (Å²) < 4.78 is 7.88. The molecule has 0 amide bonds. The average molecular weight is 567 g/mol. The van der Waals surface area contributed by atoms with E-state index in [9.17, 15) is 0 Å². The molecule has 3 heterocycles. The van der Waals surface area contributed by atoms with Gasteiger partial charge in [0.1, 0.15) is 5.75 Å². The molecule has 0 spiro atoms. The Morgan fingerprint density at radius 2 is 1.58 bits per heavy atom. The second kappa shape index (κ2) is 11.2. The summed E-state index contributed by atoms with van der Waals surface area (Å²) in [4.78, 5) is 12.7. The van der Waals surface area contributed by atoms with E-state index in [1.165, 1.54) is 18.4 Å². The molecule has 5 aromatic rings. The van der Waals surface area contributed by atoms with Crippen molar-refractivity contribution in [1.29, 1.82) is 0 Å². The van der Waals surface area contributed by atoms with E-state index < -0.39 is 0 Å². The van der Waals surface area contributed by atoms with Gasteiger partial charge in [0.05, 0.1) is 35.9 Å². The maximum atomic E-state index is 5.93. The number of methoxy groups -OCH3 is 1. The van der Waals surface area contributed by atoms with Gasteiger partial charge in [-0.1, -0.05) is 74.0 Å². The van der Waals surface area contributed by atoms with E-state index in [2.05, 4.69) is 90.8 Å². The fraction of sp³-hybridized carbons (Fsp3) is 0.194. The fourth-order valence-electron chi connectivity index (χ4n) is 6.01. The van der Waals surface area contributed by atoms with Crippen LogP contribution in [0.4, 0.5) is 22.9 Å². The van der Waals surface area contributed by atoms with Crippen LogP contribution in [0.1, 0.15) is 48.2 Å². The number of aryl methyl sites for hydroxylation is 2. The SMILES string of the molecule is CCCCc1ccc(NC2=Nc3ccccc3N3C2=Nc2c(c(C)nn2-c2ccccc2)[C@H]3c2ccccc2OC)cc1. The Balaban J connectivity index is 1.43. The summed E-state index contributed by atoms with van der Waals surface area (Å²) >= 11 is 0. The molecular formula is C36H34N6O. The number of aromatic nitrogens is 2. The Hall–Kier alpha value is -5.17. The largest absolute Gasteiger partial charge is 0.496 e. The first-order valence-corrected chi connectivity index (χ1v) is 14.9. The van der Waals surface area contributed by atoms with E-state index >= 15 is 0 Å². The first-order valence-electron chi connectivity index (χ1n) is 14.9. The first-order chi connectivity index (χ1) is 21.2. The second-order valence-corrected chi connectivity index (χ2v) is 10.9. The van der Waals surface area contributed by atoms with Gasteiger partial charge in [0, 0.05) is 16.8 Å². The zero-order valence-corrected chi connectivity index (χ0v) is 24.7. The van der Waals surface area contributed by atoms with E-state index in [4.69, 9.17) is 19.8 Å². The Kier molecular flexibility index (Phi) is 6.99. The van der Waals surface area contributed by atoms with Crippen LogP contribution in [0.2, 0.25) is 0 Å². The molecular weight excluding hydrogens is 532 g/mol. The van der Waals surface area contributed by atoms with Crippen molar-refractivity contribution in [1.82, 2.24) is 9.78 Å².